The zero-order chi connectivity index (χ0) is 17.6. The molecule has 3 rings (SSSR count). The third-order valence-corrected chi connectivity index (χ3v) is 4.03. The fraction of sp³-hybridized carbons (Fsp3) is 0.263. The molecule has 0 aromatic heterocycles. The fourth-order valence-corrected chi connectivity index (χ4v) is 2.79. The molecule has 6 nitrogen and oxygen atoms in total. The predicted molar refractivity (Wildman–Crippen MR) is 96.8 cm³/mol. The van der Waals surface area contributed by atoms with Crippen LogP contribution in [0, 0.1) is 0 Å². The molecule has 2 amide bonds. The van der Waals surface area contributed by atoms with Crippen LogP contribution in [-0.4, -0.2) is 38.6 Å². The quantitative estimate of drug-likeness (QED) is 0.874. The first-order chi connectivity index (χ1) is 12.2. The average molecular weight is 339 g/mol. The Morgan fingerprint density at radius 1 is 1.24 bits per heavy atom. The van der Waals surface area contributed by atoms with Crippen LogP contribution in [0.1, 0.15) is 15.9 Å². The second kappa shape index (κ2) is 7.81. The minimum Gasteiger partial charge on any atom is -0.380 e. The normalized spacial score (nSPS) is 14.1. The Morgan fingerprint density at radius 2 is 2.04 bits per heavy atom. The van der Waals surface area contributed by atoms with Gasteiger partial charge < -0.3 is 20.3 Å². The molecule has 0 unspecified atom stereocenters. The van der Waals surface area contributed by atoms with E-state index in [0.29, 0.717) is 30.9 Å². The monoisotopic (exact) mass is 339 g/mol. The number of amides is 2. The Morgan fingerprint density at radius 3 is 2.76 bits per heavy atom. The number of anilines is 2. The van der Waals surface area contributed by atoms with Gasteiger partial charge in [0.2, 0.25) is 5.91 Å². The summed E-state index contributed by atoms with van der Waals surface area (Å²) in [6, 6.07) is 14.9. The molecule has 6 heteroatoms. The summed E-state index contributed by atoms with van der Waals surface area (Å²) in [5, 5.41) is 5.69. The Balaban J connectivity index is 1.65. The summed E-state index contributed by atoms with van der Waals surface area (Å²) in [6.07, 6.45) is 0. The van der Waals surface area contributed by atoms with Gasteiger partial charge >= 0.3 is 0 Å². The van der Waals surface area contributed by atoms with E-state index < -0.39 is 0 Å². The van der Waals surface area contributed by atoms with E-state index in [9.17, 15) is 9.59 Å². The van der Waals surface area contributed by atoms with E-state index in [1.807, 2.05) is 47.4 Å². The van der Waals surface area contributed by atoms with Crippen LogP contribution in [0.3, 0.4) is 0 Å². The molecule has 1 saturated heterocycles. The zero-order valence-corrected chi connectivity index (χ0v) is 14.1. The number of methoxy groups -OCH3 is 1. The van der Waals surface area contributed by atoms with Crippen molar-refractivity contribution in [1.82, 2.24) is 5.32 Å². The molecular formula is C19H21N3O3. The lowest BCUT2D eigenvalue weighted by molar-refractivity contribution is -0.120. The number of carbonyl (C=O) groups excluding carboxylic acids is 2. The smallest absolute Gasteiger partial charge is 0.255 e. The molecule has 1 aliphatic heterocycles. The second-order valence-corrected chi connectivity index (χ2v) is 5.91. The van der Waals surface area contributed by atoms with Gasteiger partial charge in [-0.2, -0.15) is 0 Å². The van der Waals surface area contributed by atoms with Gasteiger partial charge in [-0.15, -0.1) is 0 Å². The Bertz CT molecular complexity index is 759. The van der Waals surface area contributed by atoms with Crippen LogP contribution in [0.5, 0.6) is 0 Å². The molecule has 0 radical (unpaired) electrons. The van der Waals surface area contributed by atoms with Gasteiger partial charge in [-0.1, -0.05) is 12.1 Å². The van der Waals surface area contributed by atoms with Crippen molar-refractivity contribution in [3.63, 3.8) is 0 Å². The molecule has 1 aliphatic rings. The van der Waals surface area contributed by atoms with Gasteiger partial charge in [0.15, 0.2) is 0 Å². The molecule has 2 aromatic carbocycles. The Labute approximate surface area is 146 Å². The Kier molecular flexibility index (Phi) is 5.30. The van der Waals surface area contributed by atoms with Gasteiger partial charge in [0, 0.05) is 37.1 Å². The molecule has 0 spiro atoms. The summed E-state index contributed by atoms with van der Waals surface area (Å²) in [6.45, 7) is 2.26. The molecular weight excluding hydrogens is 318 g/mol. The van der Waals surface area contributed by atoms with E-state index in [1.165, 1.54) is 0 Å². The van der Waals surface area contributed by atoms with Gasteiger partial charge in [0.1, 0.15) is 0 Å². The minimum atomic E-state index is -0.164. The highest BCUT2D eigenvalue weighted by Crippen LogP contribution is 2.19. The van der Waals surface area contributed by atoms with E-state index in [4.69, 9.17) is 4.74 Å². The number of hydrogen-bond acceptors (Lipinski definition) is 4. The van der Waals surface area contributed by atoms with Gasteiger partial charge in [-0.3, -0.25) is 9.59 Å². The number of nitrogens with zero attached hydrogens (tertiary/aromatic N) is 1. The lowest BCUT2D eigenvalue weighted by atomic mass is 10.1. The van der Waals surface area contributed by atoms with Crippen molar-refractivity contribution in [2.75, 3.05) is 37.0 Å². The van der Waals surface area contributed by atoms with Gasteiger partial charge in [-0.25, -0.2) is 0 Å². The maximum absolute atomic E-state index is 12.4. The highest BCUT2D eigenvalue weighted by Gasteiger charge is 2.16. The molecule has 0 aliphatic carbocycles. The lowest BCUT2D eigenvalue weighted by Crippen LogP contribution is -2.47. The molecule has 25 heavy (non-hydrogen) atoms. The number of hydrogen-bond donors (Lipinski definition) is 2. The number of piperazine rings is 1. The summed E-state index contributed by atoms with van der Waals surface area (Å²) in [7, 11) is 1.63. The van der Waals surface area contributed by atoms with Crippen molar-refractivity contribution in [2.45, 2.75) is 6.61 Å². The molecule has 2 N–H and O–H groups in total. The summed E-state index contributed by atoms with van der Waals surface area (Å²) in [4.78, 5) is 25.9. The van der Waals surface area contributed by atoms with Crippen molar-refractivity contribution >= 4 is 23.2 Å². The SMILES string of the molecule is COCc1cccc(C(=O)Nc2ccc(N3CCNC(=O)C3)cc2)c1. The minimum absolute atomic E-state index is 0.0274. The molecule has 0 saturated carbocycles. The first-order valence-corrected chi connectivity index (χ1v) is 8.16. The Hall–Kier alpha value is -2.86. The summed E-state index contributed by atoms with van der Waals surface area (Å²) in [5.41, 5.74) is 3.22. The van der Waals surface area contributed by atoms with Crippen LogP contribution in [0.25, 0.3) is 0 Å². The van der Waals surface area contributed by atoms with Crippen LogP contribution in [-0.2, 0) is 16.1 Å². The zero-order valence-electron chi connectivity index (χ0n) is 14.1. The van der Waals surface area contributed by atoms with E-state index in [1.54, 1.807) is 13.2 Å². The van der Waals surface area contributed by atoms with Crippen molar-refractivity contribution in [3.05, 3.63) is 59.7 Å². The highest BCUT2D eigenvalue weighted by atomic mass is 16.5. The van der Waals surface area contributed by atoms with Gasteiger partial charge in [-0.05, 0) is 42.0 Å². The molecule has 0 atom stereocenters. The van der Waals surface area contributed by atoms with Crippen LogP contribution in [0.2, 0.25) is 0 Å². The predicted octanol–water partition coefficient (Wildman–Crippen LogP) is 2.02. The maximum atomic E-state index is 12.4. The molecule has 1 heterocycles. The lowest BCUT2D eigenvalue weighted by Gasteiger charge is -2.28. The number of rotatable bonds is 5. The van der Waals surface area contributed by atoms with E-state index in [2.05, 4.69) is 10.6 Å². The summed E-state index contributed by atoms with van der Waals surface area (Å²) < 4.78 is 5.09. The van der Waals surface area contributed by atoms with Crippen LogP contribution >= 0.6 is 0 Å². The van der Waals surface area contributed by atoms with Gasteiger partial charge in [0.05, 0.1) is 13.2 Å². The van der Waals surface area contributed by atoms with Crippen molar-refractivity contribution < 1.29 is 14.3 Å². The summed E-state index contributed by atoms with van der Waals surface area (Å²) >= 11 is 0. The van der Waals surface area contributed by atoms with Gasteiger partial charge in [0.25, 0.3) is 5.91 Å². The number of ether oxygens (including phenoxy) is 1. The molecule has 1 fully saturated rings. The fourth-order valence-electron chi connectivity index (χ4n) is 2.79. The number of carbonyl (C=O) groups is 2. The van der Waals surface area contributed by atoms with E-state index >= 15 is 0 Å². The first kappa shape index (κ1) is 17.0. The molecule has 0 bridgehead atoms. The molecule has 2 aromatic rings. The maximum Gasteiger partial charge on any atom is 0.255 e. The summed E-state index contributed by atoms with van der Waals surface area (Å²) in [5.74, 6) is -0.136. The first-order valence-electron chi connectivity index (χ1n) is 8.16. The number of benzene rings is 2. The van der Waals surface area contributed by atoms with Crippen molar-refractivity contribution in [2.24, 2.45) is 0 Å². The van der Waals surface area contributed by atoms with Crippen molar-refractivity contribution in [3.8, 4) is 0 Å². The number of nitrogens with one attached hydrogen (secondary N) is 2. The third kappa shape index (κ3) is 4.36. The van der Waals surface area contributed by atoms with E-state index in [-0.39, 0.29) is 11.8 Å². The standard InChI is InChI=1S/C19H21N3O3/c1-25-13-14-3-2-4-15(11-14)19(24)21-16-5-7-17(8-6-16)22-10-9-20-18(23)12-22/h2-8,11H,9-10,12-13H2,1H3,(H,20,23)(H,21,24). The van der Waals surface area contributed by atoms with Crippen molar-refractivity contribution in [1.29, 1.82) is 0 Å². The average Bonchev–Trinajstić information content (AvgIpc) is 2.63. The highest BCUT2D eigenvalue weighted by molar-refractivity contribution is 6.04. The van der Waals surface area contributed by atoms with E-state index in [0.717, 1.165) is 17.8 Å². The van der Waals surface area contributed by atoms with Crippen LogP contribution < -0.4 is 15.5 Å². The van der Waals surface area contributed by atoms with Crippen LogP contribution in [0.4, 0.5) is 11.4 Å². The second-order valence-electron chi connectivity index (χ2n) is 5.91. The van der Waals surface area contributed by atoms with Crippen LogP contribution in [0.15, 0.2) is 48.5 Å². The molecule has 130 valence electrons. The largest absolute Gasteiger partial charge is 0.380 e. The third-order valence-electron chi connectivity index (χ3n) is 4.03. The topological polar surface area (TPSA) is 70.7 Å².